The van der Waals surface area contributed by atoms with Crippen molar-refractivity contribution in [1.29, 1.82) is 0 Å². The van der Waals surface area contributed by atoms with Crippen molar-refractivity contribution in [3.63, 3.8) is 0 Å². The van der Waals surface area contributed by atoms with Crippen LogP contribution in [0.1, 0.15) is 34.1 Å². The molecule has 1 aromatic carbocycles. The fraction of sp³-hybridized carbons (Fsp3) is 0.389. The fourth-order valence-electron chi connectivity index (χ4n) is 2.95. The molecule has 0 bridgehead atoms. The number of carbonyl (C=O) groups is 1. The molecule has 3 rings (SSSR count). The van der Waals surface area contributed by atoms with E-state index in [9.17, 15) is 4.79 Å². The second kappa shape index (κ2) is 6.62. The first kappa shape index (κ1) is 15.9. The third-order valence-corrected chi connectivity index (χ3v) is 5.31. The molecule has 5 heteroatoms. The smallest absolute Gasteiger partial charge is 0.256 e. The Hall–Kier alpha value is -2.01. The number of hydrogen-bond acceptors (Lipinski definition) is 4. The number of rotatable bonds is 4. The number of nitrogens with one attached hydrogen (secondary N) is 1. The van der Waals surface area contributed by atoms with E-state index in [1.807, 2.05) is 5.38 Å². The molecule has 1 unspecified atom stereocenters. The van der Waals surface area contributed by atoms with Crippen LogP contribution in [-0.2, 0) is 12.8 Å². The van der Waals surface area contributed by atoms with Crippen LogP contribution in [0.4, 0.5) is 5.69 Å². The second-order valence-corrected chi connectivity index (χ2v) is 6.92. The van der Waals surface area contributed by atoms with Gasteiger partial charge in [0, 0.05) is 34.1 Å². The van der Waals surface area contributed by atoms with Crippen molar-refractivity contribution in [3.05, 3.63) is 39.6 Å². The van der Waals surface area contributed by atoms with Crippen LogP contribution >= 0.6 is 11.3 Å². The summed E-state index contributed by atoms with van der Waals surface area (Å²) in [5, 5.41) is 4.94. The number of hydrogen-bond donors (Lipinski definition) is 1. The fourth-order valence-corrected chi connectivity index (χ4v) is 4.19. The number of methoxy groups -OCH3 is 2. The quantitative estimate of drug-likeness (QED) is 0.916. The summed E-state index contributed by atoms with van der Waals surface area (Å²) in [6, 6.07) is 5.37. The van der Waals surface area contributed by atoms with Gasteiger partial charge in [-0.25, -0.2) is 0 Å². The van der Waals surface area contributed by atoms with Crippen LogP contribution < -0.4 is 14.8 Å². The minimum Gasteiger partial charge on any atom is -0.497 e. The van der Waals surface area contributed by atoms with E-state index in [4.69, 9.17) is 9.47 Å². The van der Waals surface area contributed by atoms with Crippen molar-refractivity contribution >= 4 is 22.9 Å². The molecule has 0 saturated carbocycles. The molecule has 1 amide bonds. The molecule has 1 aromatic heterocycles. The van der Waals surface area contributed by atoms with E-state index in [2.05, 4.69) is 12.2 Å². The maximum atomic E-state index is 12.6. The van der Waals surface area contributed by atoms with E-state index in [1.165, 1.54) is 10.4 Å². The standard InChI is InChI=1S/C18H21NO3S/c1-11-4-5-15-16(10-23-17(15)6-11)18(20)19-12-7-13(21-2)9-14(8-12)22-3/h7-11H,4-6H2,1-3H3,(H,19,20). The summed E-state index contributed by atoms with van der Waals surface area (Å²) < 4.78 is 10.5. The van der Waals surface area contributed by atoms with Crippen LogP contribution in [0.2, 0.25) is 0 Å². The molecule has 0 spiro atoms. The molecule has 1 atom stereocenters. The number of amides is 1. The Morgan fingerprint density at radius 2 is 1.91 bits per heavy atom. The van der Waals surface area contributed by atoms with Crippen LogP contribution in [-0.4, -0.2) is 20.1 Å². The van der Waals surface area contributed by atoms with Crippen molar-refractivity contribution in [2.45, 2.75) is 26.2 Å². The maximum Gasteiger partial charge on any atom is 0.256 e. The monoisotopic (exact) mass is 331 g/mol. The van der Waals surface area contributed by atoms with Crippen molar-refractivity contribution in [2.24, 2.45) is 5.92 Å². The first-order valence-electron chi connectivity index (χ1n) is 7.74. The molecule has 1 heterocycles. The van der Waals surface area contributed by atoms with E-state index < -0.39 is 0 Å². The first-order valence-corrected chi connectivity index (χ1v) is 8.62. The normalized spacial score (nSPS) is 16.6. The first-order chi connectivity index (χ1) is 11.1. The van der Waals surface area contributed by atoms with E-state index >= 15 is 0 Å². The van der Waals surface area contributed by atoms with Gasteiger partial charge in [-0.05, 0) is 30.7 Å². The molecular formula is C18H21NO3S. The third kappa shape index (κ3) is 3.34. The predicted molar refractivity (Wildman–Crippen MR) is 93.0 cm³/mol. The molecule has 0 radical (unpaired) electrons. The zero-order chi connectivity index (χ0) is 16.4. The van der Waals surface area contributed by atoms with Gasteiger partial charge in [-0.3, -0.25) is 4.79 Å². The summed E-state index contributed by atoms with van der Waals surface area (Å²) >= 11 is 1.70. The van der Waals surface area contributed by atoms with Crippen molar-refractivity contribution in [2.75, 3.05) is 19.5 Å². The molecule has 2 aromatic rings. The predicted octanol–water partition coefficient (Wildman–Crippen LogP) is 4.14. The van der Waals surface area contributed by atoms with E-state index in [0.717, 1.165) is 24.8 Å². The van der Waals surface area contributed by atoms with Gasteiger partial charge >= 0.3 is 0 Å². The third-order valence-electron chi connectivity index (χ3n) is 4.26. The lowest BCUT2D eigenvalue weighted by Crippen LogP contribution is -2.16. The molecular weight excluding hydrogens is 310 g/mol. The Balaban J connectivity index is 1.83. The number of carbonyl (C=O) groups excluding carboxylic acids is 1. The number of ether oxygens (including phenoxy) is 2. The average molecular weight is 331 g/mol. The van der Waals surface area contributed by atoms with Crippen molar-refractivity contribution in [3.8, 4) is 11.5 Å². The Labute approximate surface area is 140 Å². The highest BCUT2D eigenvalue weighted by molar-refractivity contribution is 7.10. The summed E-state index contributed by atoms with van der Waals surface area (Å²) in [7, 11) is 3.19. The second-order valence-electron chi connectivity index (χ2n) is 5.95. The zero-order valence-electron chi connectivity index (χ0n) is 13.6. The molecule has 1 aliphatic rings. The Bertz CT molecular complexity index is 701. The van der Waals surface area contributed by atoms with Crippen LogP contribution in [0.3, 0.4) is 0 Å². The average Bonchev–Trinajstić information content (AvgIpc) is 2.97. The maximum absolute atomic E-state index is 12.6. The Morgan fingerprint density at radius 3 is 2.57 bits per heavy atom. The summed E-state index contributed by atoms with van der Waals surface area (Å²) in [5.74, 6) is 1.95. The lowest BCUT2D eigenvalue weighted by Gasteiger charge is -2.19. The van der Waals surface area contributed by atoms with Crippen LogP contribution in [0.25, 0.3) is 0 Å². The summed E-state index contributed by atoms with van der Waals surface area (Å²) in [5.41, 5.74) is 2.70. The largest absolute Gasteiger partial charge is 0.497 e. The molecule has 1 aliphatic carbocycles. The highest BCUT2D eigenvalue weighted by Crippen LogP contribution is 2.33. The van der Waals surface area contributed by atoms with Gasteiger partial charge in [0.2, 0.25) is 0 Å². The van der Waals surface area contributed by atoms with Gasteiger partial charge in [0.25, 0.3) is 5.91 Å². The van der Waals surface area contributed by atoms with Crippen LogP contribution in [0, 0.1) is 5.92 Å². The molecule has 4 nitrogen and oxygen atoms in total. The molecule has 0 fully saturated rings. The van der Waals surface area contributed by atoms with Gasteiger partial charge in [-0.15, -0.1) is 11.3 Å². The van der Waals surface area contributed by atoms with Gasteiger partial charge in [0.15, 0.2) is 0 Å². The number of fused-ring (bicyclic) bond motifs is 1. The van der Waals surface area contributed by atoms with Gasteiger partial charge in [-0.1, -0.05) is 6.92 Å². The van der Waals surface area contributed by atoms with Gasteiger partial charge in [-0.2, -0.15) is 0 Å². The molecule has 0 saturated heterocycles. The van der Waals surface area contributed by atoms with Gasteiger partial charge in [0.1, 0.15) is 11.5 Å². The number of anilines is 1. The number of benzene rings is 1. The minimum atomic E-state index is -0.0626. The Kier molecular flexibility index (Phi) is 4.57. The minimum absolute atomic E-state index is 0.0626. The van der Waals surface area contributed by atoms with E-state index in [-0.39, 0.29) is 5.91 Å². The number of thiophene rings is 1. The molecule has 23 heavy (non-hydrogen) atoms. The summed E-state index contributed by atoms with van der Waals surface area (Å²) in [6.07, 6.45) is 3.22. The van der Waals surface area contributed by atoms with Crippen molar-refractivity contribution in [1.82, 2.24) is 0 Å². The molecule has 122 valence electrons. The molecule has 1 N–H and O–H groups in total. The summed E-state index contributed by atoms with van der Waals surface area (Å²) in [4.78, 5) is 14.0. The topological polar surface area (TPSA) is 47.6 Å². The van der Waals surface area contributed by atoms with Crippen LogP contribution in [0.15, 0.2) is 23.6 Å². The highest BCUT2D eigenvalue weighted by atomic mass is 32.1. The van der Waals surface area contributed by atoms with Gasteiger partial charge in [0.05, 0.1) is 19.8 Å². The van der Waals surface area contributed by atoms with Crippen molar-refractivity contribution < 1.29 is 14.3 Å². The zero-order valence-corrected chi connectivity index (χ0v) is 14.5. The lowest BCUT2D eigenvalue weighted by molar-refractivity contribution is 0.102. The van der Waals surface area contributed by atoms with E-state index in [0.29, 0.717) is 23.1 Å². The van der Waals surface area contributed by atoms with Gasteiger partial charge < -0.3 is 14.8 Å². The lowest BCUT2D eigenvalue weighted by atomic mass is 9.88. The highest BCUT2D eigenvalue weighted by Gasteiger charge is 2.23. The van der Waals surface area contributed by atoms with Crippen LogP contribution in [0.5, 0.6) is 11.5 Å². The summed E-state index contributed by atoms with van der Waals surface area (Å²) in [6.45, 7) is 2.27. The Morgan fingerprint density at radius 1 is 1.22 bits per heavy atom. The SMILES string of the molecule is COc1cc(NC(=O)c2csc3c2CCC(C)C3)cc(OC)c1. The van der Waals surface area contributed by atoms with E-state index in [1.54, 1.807) is 43.8 Å². The molecule has 0 aliphatic heterocycles.